The summed E-state index contributed by atoms with van der Waals surface area (Å²) in [5, 5.41) is 2.93. The number of halogens is 3. The van der Waals surface area contributed by atoms with Crippen molar-refractivity contribution in [1.29, 1.82) is 0 Å². The molecule has 1 N–H and O–H groups in total. The van der Waals surface area contributed by atoms with Crippen molar-refractivity contribution >= 4 is 17.5 Å². The molecule has 1 heterocycles. The fourth-order valence-electron chi connectivity index (χ4n) is 5.58. The van der Waals surface area contributed by atoms with Gasteiger partial charge in [-0.1, -0.05) is 43.2 Å². The topological polar surface area (TPSA) is 67.9 Å². The Kier molecular flexibility index (Phi) is 8.89. The van der Waals surface area contributed by atoms with Gasteiger partial charge in [0.25, 0.3) is 11.8 Å². The van der Waals surface area contributed by atoms with Gasteiger partial charge in [-0.3, -0.25) is 9.59 Å². The first-order valence-electron chi connectivity index (χ1n) is 13.6. The van der Waals surface area contributed by atoms with Gasteiger partial charge in [-0.15, -0.1) is 0 Å². The number of fused-ring (bicyclic) bond motifs is 1. The van der Waals surface area contributed by atoms with Crippen LogP contribution in [0.4, 0.5) is 18.9 Å². The van der Waals surface area contributed by atoms with E-state index in [0.717, 1.165) is 37.3 Å². The number of amides is 2. The molecule has 0 bridgehead atoms. The molecule has 6 nitrogen and oxygen atoms in total. The number of hydrogen-bond donors (Lipinski definition) is 1. The second-order valence-corrected chi connectivity index (χ2v) is 10.9. The quantitative estimate of drug-likeness (QED) is 0.382. The molecule has 9 heteroatoms. The number of methoxy groups -OCH3 is 1. The second kappa shape index (κ2) is 12.0. The van der Waals surface area contributed by atoms with Crippen LogP contribution >= 0.6 is 0 Å². The normalized spacial score (nSPS) is 20.8. The van der Waals surface area contributed by atoms with Crippen molar-refractivity contribution in [3.05, 3.63) is 59.2 Å². The lowest BCUT2D eigenvalue weighted by Gasteiger charge is -2.39. The maximum Gasteiger partial charge on any atom is 0.417 e. The van der Waals surface area contributed by atoms with E-state index < -0.39 is 28.8 Å². The molecule has 1 saturated carbocycles. The Morgan fingerprint density at radius 1 is 1.13 bits per heavy atom. The van der Waals surface area contributed by atoms with Crippen LogP contribution in [-0.2, 0) is 22.1 Å². The number of nitrogens with one attached hydrogen (secondary N) is 1. The van der Waals surface area contributed by atoms with E-state index in [1.54, 1.807) is 7.11 Å². The third-order valence-corrected chi connectivity index (χ3v) is 7.61. The molecule has 0 saturated heterocycles. The summed E-state index contributed by atoms with van der Waals surface area (Å²) in [4.78, 5) is 28.2. The number of ether oxygens (including phenoxy) is 2. The van der Waals surface area contributed by atoms with E-state index in [9.17, 15) is 22.8 Å². The summed E-state index contributed by atoms with van der Waals surface area (Å²) < 4.78 is 53.6. The molecule has 212 valence electrons. The van der Waals surface area contributed by atoms with Gasteiger partial charge in [0.2, 0.25) is 0 Å². The van der Waals surface area contributed by atoms with E-state index in [0.29, 0.717) is 25.9 Å². The molecule has 39 heavy (non-hydrogen) atoms. The second-order valence-electron chi connectivity index (χ2n) is 10.9. The van der Waals surface area contributed by atoms with Gasteiger partial charge in [0.1, 0.15) is 5.75 Å². The van der Waals surface area contributed by atoms with Gasteiger partial charge >= 0.3 is 6.18 Å². The third kappa shape index (κ3) is 6.75. The van der Waals surface area contributed by atoms with E-state index in [4.69, 9.17) is 9.47 Å². The van der Waals surface area contributed by atoms with Crippen molar-refractivity contribution < 1.29 is 32.2 Å². The molecule has 1 aliphatic heterocycles. The molecule has 1 fully saturated rings. The van der Waals surface area contributed by atoms with Gasteiger partial charge in [-0.25, -0.2) is 0 Å². The summed E-state index contributed by atoms with van der Waals surface area (Å²) in [6.07, 6.45) is 0.740. The van der Waals surface area contributed by atoms with Crippen LogP contribution in [0.15, 0.2) is 42.5 Å². The van der Waals surface area contributed by atoms with Crippen molar-refractivity contribution in [3.8, 4) is 5.75 Å². The van der Waals surface area contributed by atoms with Crippen LogP contribution in [0.5, 0.6) is 5.75 Å². The smallest absolute Gasteiger partial charge is 0.417 e. The Hall–Kier alpha value is -3.07. The van der Waals surface area contributed by atoms with Crippen LogP contribution in [0.2, 0.25) is 0 Å². The molecule has 2 aliphatic rings. The van der Waals surface area contributed by atoms with Crippen molar-refractivity contribution in [1.82, 2.24) is 5.32 Å². The van der Waals surface area contributed by atoms with Crippen molar-refractivity contribution in [2.24, 2.45) is 5.92 Å². The number of unbranched alkanes of at least 4 members (excludes halogenated alkanes) is 1. The number of benzene rings is 2. The highest BCUT2D eigenvalue weighted by Crippen LogP contribution is 2.44. The molecule has 2 amide bonds. The van der Waals surface area contributed by atoms with E-state index >= 15 is 0 Å². The number of anilines is 1. The first kappa shape index (κ1) is 28.9. The van der Waals surface area contributed by atoms with Gasteiger partial charge in [0.05, 0.1) is 16.8 Å². The zero-order valence-electron chi connectivity index (χ0n) is 22.8. The van der Waals surface area contributed by atoms with Crippen LogP contribution in [0.25, 0.3) is 0 Å². The summed E-state index contributed by atoms with van der Waals surface area (Å²) in [6.45, 7) is 3.84. The minimum Gasteiger partial charge on any atom is -0.476 e. The third-order valence-electron chi connectivity index (χ3n) is 7.61. The zero-order valence-corrected chi connectivity index (χ0v) is 22.8. The predicted molar refractivity (Wildman–Crippen MR) is 143 cm³/mol. The molecule has 0 radical (unpaired) electrons. The molecule has 0 aromatic heterocycles. The summed E-state index contributed by atoms with van der Waals surface area (Å²) in [7, 11) is 1.58. The molecule has 4 rings (SSSR count). The van der Waals surface area contributed by atoms with Crippen LogP contribution in [-0.4, -0.2) is 43.7 Å². The van der Waals surface area contributed by atoms with E-state index in [-0.39, 0.29) is 35.8 Å². The maximum absolute atomic E-state index is 14.2. The van der Waals surface area contributed by atoms with Crippen LogP contribution in [0.1, 0.15) is 73.9 Å². The highest BCUT2D eigenvalue weighted by Gasteiger charge is 2.44. The average Bonchev–Trinajstić information content (AvgIpc) is 2.89. The lowest BCUT2D eigenvalue weighted by atomic mass is 9.80. The average molecular weight is 547 g/mol. The Balaban J connectivity index is 1.65. The lowest BCUT2D eigenvalue weighted by molar-refractivity contribution is -0.138. The monoisotopic (exact) mass is 546 g/mol. The number of hydrogen-bond acceptors (Lipinski definition) is 4. The lowest BCUT2D eigenvalue weighted by Crippen LogP contribution is -2.53. The summed E-state index contributed by atoms with van der Waals surface area (Å²) in [6, 6.07) is 11.7. The minimum atomic E-state index is -4.78. The summed E-state index contributed by atoms with van der Waals surface area (Å²) in [5.41, 5.74) is -1.59. The van der Waals surface area contributed by atoms with Crippen LogP contribution in [0.3, 0.4) is 0 Å². The van der Waals surface area contributed by atoms with Gasteiger partial charge in [0.15, 0.2) is 5.60 Å². The number of carbonyl (C=O) groups is 2. The van der Waals surface area contributed by atoms with Gasteiger partial charge < -0.3 is 19.7 Å². The van der Waals surface area contributed by atoms with Crippen molar-refractivity contribution in [2.45, 2.75) is 76.6 Å². The molecule has 0 spiro atoms. The Morgan fingerprint density at radius 3 is 2.54 bits per heavy atom. The van der Waals surface area contributed by atoms with Gasteiger partial charge in [-0.05, 0) is 69.6 Å². The van der Waals surface area contributed by atoms with Crippen LogP contribution in [0, 0.1) is 5.92 Å². The molecule has 2 atom stereocenters. The largest absolute Gasteiger partial charge is 0.476 e. The molecule has 2 aromatic rings. The predicted octanol–water partition coefficient (Wildman–Crippen LogP) is 6.17. The van der Waals surface area contributed by atoms with E-state index in [1.807, 2.05) is 30.3 Å². The van der Waals surface area contributed by atoms with E-state index in [2.05, 4.69) is 5.32 Å². The van der Waals surface area contributed by atoms with Gasteiger partial charge in [-0.2, -0.15) is 13.2 Å². The number of carbonyl (C=O) groups excluding carboxylic acids is 2. The fraction of sp³-hybridized carbons (Fsp3) is 0.533. The van der Waals surface area contributed by atoms with Crippen LogP contribution < -0.4 is 15.0 Å². The standard InChI is InChI=1S/C30H37F3N2O4/c1-29(2)28(37)35(15-9-10-16-38-3)25-18-22(23(30(31,32)33)19-26(25)39-29)27(36)34-24-14-8-7-13-21(24)17-20-11-5-4-6-12-20/h4-6,11-12,18-19,21,24H,7-10,13-17H2,1-3H3,(H,34,36)/t21-,24?/m1/s1. The summed E-state index contributed by atoms with van der Waals surface area (Å²) >= 11 is 0. The SMILES string of the molecule is COCCCCN1C(=O)C(C)(C)Oc2cc(C(F)(F)F)c(C(=O)NC3CCCC[C@@H]3Cc3ccccc3)cc21. The first-order chi connectivity index (χ1) is 18.5. The Bertz CT molecular complexity index is 1170. The van der Waals surface area contributed by atoms with Crippen molar-refractivity contribution in [2.75, 3.05) is 25.2 Å². The van der Waals surface area contributed by atoms with E-state index in [1.165, 1.54) is 24.8 Å². The fourth-order valence-corrected chi connectivity index (χ4v) is 5.58. The molecule has 1 aliphatic carbocycles. The van der Waals surface area contributed by atoms with Crippen molar-refractivity contribution in [3.63, 3.8) is 0 Å². The number of nitrogens with zero attached hydrogens (tertiary/aromatic N) is 1. The first-order valence-corrected chi connectivity index (χ1v) is 13.6. The highest BCUT2D eigenvalue weighted by atomic mass is 19.4. The Morgan fingerprint density at radius 2 is 1.85 bits per heavy atom. The zero-order chi connectivity index (χ0) is 28.2. The molecule has 1 unspecified atom stereocenters. The molecule has 2 aromatic carbocycles. The molecular formula is C30H37F3N2O4. The highest BCUT2D eigenvalue weighted by molar-refractivity contribution is 6.05. The number of alkyl halides is 3. The Labute approximate surface area is 227 Å². The number of rotatable bonds is 9. The summed E-state index contributed by atoms with van der Waals surface area (Å²) in [5.74, 6) is -1.09. The van der Waals surface area contributed by atoms with Gasteiger partial charge in [0, 0.05) is 26.3 Å². The molecular weight excluding hydrogens is 509 g/mol. The minimum absolute atomic E-state index is 0.0603. The maximum atomic E-state index is 14.2.